The molecule has 1 aliphatic rings. The SMILES string of the molecule is COc1cc2c(c(OC)c1OC)-c1ccc(NCCCC(=O)Nc3nc(C)cs3)c(=O)cc1[C@@H](NC(C)=O)CC2. The van der Waals surface area contributed by atoms with Crippen LogP contribution in [0.5, 0.6) is 17.2 Å². The molecule has 0 saturated heterocycles. The van der Waals surface area contributed by atoms with Crippen molar-refractivity contribution in [3.8, 4) is 28.4 Å². The second-order valence-corrected chi connectivity index (χ2v) is 10.3. The van der Waals surface area contributed by atoms with Gasteiger partial charge in [-0.3, -0.25) is 14.4 Å². The Morgan fingerprint density at radius 3 is 2.52 bits per heavy atom. The van der Waals surface area contributed by atoms with Crippen LogP contribution in [0.25, 0.3) is 11.1 Å². The Balaban J connectivity index is 1.65. The molecule has 11 heteroatoms. The average molecular weight is 567 g/mol. The molecule has 2 aromatic carbocycles. The summed E-state index contributed by atoms with van der Waals surface area (Å²) in [6, 6.07) is 6.70. The number of fused-ring (bicyclic) bond motifs is 3. The van der Waals surface area contributed by atoms with Crippen molar-refractivity contribution in [1.29, 1.82) is 0 Å². The van der Waals surface area contributed by atoms with E-state index in [9.17, 15) is 14.4 Å². The molecule has 1 aromatic heterocycles. The fourth-order valence-electron chi connectivity index (χ4n) is 4.92. The molecule has 0 aliphatic heterocycles. The van der Waals surface area contributed by atoms with E-state index in [1.54, 1.807) is 33.5 Å². The molecule has 1 atom stereocenters. The van der Waals surface area contributed by atoms with Crippen LogP contribution in [0.2, 0.25) is 0 Å². The fourth-order valence-corrected chi connectivity index (χ4v) is 5.62. The Bertz CT molecular complexity index is 1470. The molecule has 4 rings (SSSR count). The van der Waals surface area contributed by atoms with Crippen molar-refractivity contribution in [3.05, 3.63) is 56.7 Å². The lowest BCUT2D eigenvalue weighted by atomic mass is 9.95. The highest BCUT2D eigenvalue weighted by molar-refractivity contribution is 7.13. The van der Waals surface area contributed by atoms with E-state index < -0.39 is 0 Å². The lowest BCUT2D eigenvalue weighted by Gasteiger charge is -2.19. The molecule has 0 fully saturated rings. The third kappa shape index (κ3) is 6.36. The Labute approximate surface area is 237 Å². The third-order valence-electron chi connectivity index (χ3n) is 6.68. The Morgan fingerprint density at radius 2 is 1.88 bits per heavy atom. The first-order valence-electron chi connectivity index (χ1n) is 13.0. The van der Waals surface area contributed by atoms with E-state index in [0.29, 0.717) is 59.4 Å². The van der Waals surface area contributed by atoms with Crippen LogP contribution in [0, 0.1) is 6.92 Å². The number of anilines is 2. The quantitative estimate of drug-likeness (QED) is 0.307. The van der Waals surface area contributed by atoms with E-state index in [1.807, 2.05) is 24.4 Å². The lowest BCUT2D eigenvalue weighted by molar-refractivity contribution is -0.119. The van der Waals surface area contributed by atoms with Gasteiger partial charge >= 0.3 is 0 Å². The van der Waals surface area contributed by atoms with Crippen molar-refractivity contribution in [2.24, 2.45) is 0 Å². The molecule has 3 N–H and O–H groups in total. The minimum absolute atomic E-state index is 0.130. The van der Waals surface area contributed by atoms with Crippen molar-refractivity contribution in [3.63, 3.8) is 0 Å². The zero-order chi connectivity index (χ0) is 28.8. The number of thiazole rings is 1. The van der Waals surface area contributed by atoms with Crippen LogP contribution in [0.3, 0.4) is 0 Å². The fraction of sp³-hybridized carbons (Fsp3) is 0.379. The second-order valence-electron chi connectivity index (χ2n) is 9.47. The number of methoxy groups -OCH3 is 3. The number of aromatic nitrogens is 1. The average Bonchev–Trinajstić information content (AvgIpc) is 3.19. The monoisotopic (exact) mass is 566 g/mol. The van der Waals surface area contributed by atoms with Crippen molar-refractivity contribution >= 4 is 34.0 Å². The molecule has 40 heavy (non-hydrogen) atoms. The number of hydrogen-bond donors (Lipinski definition) is 3. The molecule has 1 aliphatic carbocycles. The third-order valence-corrected chi connectivity index (χ3v) is 7.55. The molecule has 1 heterocycles. The van der Waals surface area contributed by atoms with Gasteiger partial charge in [0.25, 0.3) is 0 Å². The van der Waals surface area contributed by atoms with Crippen molar-refractivity contribution in [2.75, 3.05) is 38.5 Å². The summed E-state index contributed by atoms with van der Waals surface area (Å²) in [6.45, 7) is 3.76. The van der Waals surface area contributed by atoms with Gasteiger partial charge in [0.15, 0.2) is 16.6 Å². The highest BCUT2D eigenvalue weighted by Crippen LogP contribution is 2.50. The number of carbonyl (C=O) groups excluding carboxylic acids is 2. The molecule has 10 nitrogen and oxygen atoms in total. The van der Waals surface area contributed by atoms with Gasteiger partial charge in [-0.2, -0.15) is 0 Å². The Kier molecular flexibility index (Phi) is 9.26. The van der Waals surface area contributed by atoms with Crippen LogP contribution in [0.4, 0.5) is 10.8 Å². The van der Waals surface area contributed by atoms with Gasteiger partial charge < -0.3 is 30.2 Å². The zero-order valence-corrected chi connectivity index (χ0v) is 24.1. The van der Waals surface area contributed by atoms with E-state index in [2.05, 4.69) is 20.9 Å². The maximum atomic E-state index is 13.4. The van der Waals surface area contributed by atoms with Gasteiger partial charge in [-0.25, -0.2) is 4.98 Å². The van der Waals surface area contributed by atoms with E-state index in [-0.39, 0.29) is 29.7 Å². The van der Waals surface area contributed by atoms with Gasteiger partial charge in [-0.05, 0) is 61.1 Å². The van der Waals surface area contributed by atoms with Crippen LogP contribution >= 0.6 is 11.3 Å². The Morgan fingerprint density at radius 1 is 1.10 bits per heavy atom. The number of nitrogens with one attached hydrogen (secondary N) is 3. The highest BCUT2D eigenvalue weighted by atomic mass is 32.1. The van der Waals surface area contributed by atoms with E-state index in [4.69, 9.17) is 14.2 Å². The minimum atomic E-state index is -0.382. The topological polar surface area (TPSA) is 128 Å². The van der Waals surface area contributed by atoms with Gasteiger partial charge in [0.2, 0.25) is 23.0 Å². The van der Waals surface area contributed by atoms with Crippen LogP contribution < -0.4 is 35.6 Å². The molecule has 2 amide bonds. The van der Waals surface area contributed by atoms with Crippen molar-refractivity contribution in [1.82, 2.24) is 10.3 Å². The lowest BCUT2D eigenvalue weighted by Crippen LogP contribution is -2.26. The maximum absolute atomic E-state index is 13.4. The maximum Gasteiger partial charge on any atom is 0.226 e. The van der Waals surface area contributed by atoms with E-state index >= 15 is 0 Å². The van der Waals surface area contributed by atoms with Crippen LogP contribution in [0.1, 0.15) is 49.0 Å². The van der Waals surface area contributed by atoms with Crippen molar-refractivity contribution in [2.45, 2.75) is 45.6 Å². The Hall–Kier alpha value is -4.12. The summed E-state index contributed by atoms with van der Waals surface area (Å²) in [4.78, 5) is 42.0. The predicted octanol–water partition coefficient (Wildman–Crippen LogP) is 4.46. The summed E-state index contributed by atoms with van der Waals surface area (Å²) >= 11 is 1.38. The number of amides is 2. The smallest absolute Gasteiger partial charge is 0.226 e. The molecule has 212 valence electrons. The minimum Gasteiger partial charge on any atom is -0.493 e. The second kappa shape index (κ2) is 12.8. The molecular formula is C29H34N4O6S. The van der Waals surface area contributed by atoms with Gasteiger partial charge in [-0.1, -0.05) is 6.07 Å². The van der Waals surface area contributed by atoms with Crippen LogP contribution in [-0.2, 0) is 16.0 Å². The van der Waals surface area contributed by atoms with E-state index in [1.165, 1.54) is 18.3 Å². The molecule has 0 bridgehead atoms. The summed E-state index contributed by atoms with van der Waals surface area (Å²) in [5.74, 6) is 1.17. The van der Waals surface area contributed by atoms with Gasteiger partial charge in [0, 0.05) is 30.8 Å². The number of ether oxygens (including phenoxy) is 3. The van der Waals surface area contributed by atoms with Crippen LogP contribution in [-0.4, -0.2) is 44.7 Å². The van der Waals surface area contributed by atoms with Gasteiger partial charge in [-0.15, -0.1) is 11.3 Å². The summed E-state index contributed by atoms with van der Waals surface area (Å²) in [7, 11) is 4.68. The molecule has 0 saturated carbocycles. The van der Waals surface area contributed by atoms with Gasteiger partial charge in [0.05, 0.1) is 38.8 Å². The number of carbonyl (C=O) groups is 2. The summed E-state index contributed by atoms with van der Waals surface area (Å²) in [5.41, 5.74) is 4.23. The summed E-state index contributed by atoms with van der Waals surface area (Å²) in [6.07, 6.45) is 2.01. The molecule has 0 unspecified atom stereocenters. The first kappa shape index (κ1) is 28.9. The first-order chi connectivity index (χ1) is 19.2. The predicted molar refractivity (Wildman–Crippen MR) is 156 cm³/mol. The molecule has 0 radical (unpaired) electrons. The number of benzene rings is 1. The molecular weight excluding hydrogens is 532 g/mol. The summed E-state index contributed by atoms with van der Waals surface area (Å²) in [5, 5.41) is 11.4. The van der Waals surface area contributed by atoms with E-state index in [0.717, 1.165) is 22.4 Å². The number of aryl methyl sites for hydroxylation is 2. The highest BCUT2D eigenvalue weighted by Gasteiger charge is 2.29. The normalized spacial score (nSPS) is 13.8. The first-order valence-corrected chi connectivity index (χ1v) is 13.9. The van der Waals surface area contributed by atoms with Crippen molar-refractivity contribution < 1.29 is 23.8 Å². The van der Waals surface area contributed by atoms with Gasteiger partial charge in [0.1, 0.15) is 0 Å². The largest absolute Gasteiger partial charge is 0.493 e. The molecule has 0 spiro atoms. The standard InChI is InChI=1S/C29H34N4O6S/c1-16-15-40-29(31-16)33-25(36)7-6-12-30-22-11-9-19-20(14-23(22)35)21(32-17(2)34)10-8-18-13-24(37-3)27(38-4)28(39-5)26(18)19/h9,11,13-15,21H,6-8,10,12H2,1-5H3,(H,30,35)(H,32,34)(H,31,33,36)/t21-/m0/s1. The zero-order valence-electron chi connectivity index (χ0n) is 23.3. The number of hydrogen-bond acceptors (Lipinski definition) is 9. The van der Waals surface area contributed by atoms with Crippen LogP contribution in [0.15, 0.2) is 34.4 Å². The number of nitrogens with zero attached hydrogens (tertiary/aromatic N) is 1. The molecule has 3 aromatic rings. The summed E-state index contributed by atoms with van der Waals surface area (Å²) < 4.78 is 17.0. The number of rotatable bonds is 10.